The Balaban J connectivity index is 0.000000891. The number of benzene rings is 2. The van der Waals surface area contributed by atoms with E-state index in [1.165, 1.54) is 12.1 Å². The highest BCUT2D eigenvalue weighted by atomic mass is 19.4. The molecule has 0 aromatic heterocycles. The molecule has 3 N–H and O–H groups in total. The van der Waals surface area contributed by atoms with Crippen LogP contribution in [0, 0.1) is 0 Å². The quantitative estimate of drug-likeness (QED) is 0.647. The van der Waals surface area contributed by atoms with Crippen LogP contribution in [0.3, 0.4) is 0 Å². The van der Waals surface area contributed by atoms with Crippen LogP contribution in [-0.2, 0) is 15.8 Å². The molecular formula is C17H19F3N2O2. The van der Waals surface area contributed by atoms with Crippen molar-refractivity contribution in [3.63, 3.8) is 0 Å². The molecule has 1 amide bonds. The molecule has 1 atom stereocenters. The minimum atomic E-state index is -4.33. The van der Waals surface area contributed by atoms with Crippen molar-refractivity contribution in [2.45, 2.75) is 19.2 Å². The van der Waals surface area contributed by atoms with Gasteiger partial charge in [-0.15, -0.1) is 0 Å². The lowest BCUT2D eigenvalue weighted by molar-refractivity contribution is -0.137. The van der Waals surface area contributed by atoms with Crippen molar-refractivity contribution in [3.8, 4) is 0 Å². The second-order valence-electron chi connectivity index (χ2n) is 4.66. The maximum atomic E-state index is 12.6. The maximum Gasteiger partial charge on any atom is 0.416 e. The highest BCUT2D eigenvalue weighted by Gasteiger charge is 2.30. The van der Waals surface area contributed by atoms with E-state index in [0.717, 1.165) is 17.7 Å². The van der Waals surface area contributed by atoms with Gasteiger partial charge in [-0.1, -0.05) is 49.4 Å². The van der Waals surface area contributed by atoms with E-state index < -0.39 is 17.8 Å². The number of nitrogens with two attached hydrogens (primary N) is 1. The van der Waals surface area contributed by atoms with Crippen molar-refractivity contribution in [1.29, 1.82) is 0 Å². The molecule has 24 heavy (non-hydrogen) atoms. The molecule has 0 heterocycles. The fourth-order valence-corrected chi connectivity index (χ4v) is 1.97. The fraction of sp³-hybridized carbons (Fsp3) is 0.235. The van der Waals surface area contributed by atoms with Gasteiger partial charge >= 0.3 is 6.18 Å². The molecule has 2 aromatic carbocycles. The monoisotopic (exact) mass is 340 g/mol. The molecule has 0 spiro atoms. The van der Waals surface area contributed by atoms with E-state index in [0.29, 0.717) is 12.1 Å². The predicted octanol–water partition coefficient (Wildman–Crippen LogP) is 3.44. The Morgan fingerprint density at radius 1 is 1.08 bits per heavy atom. The smallest absolute Gasteiger partial charge is 0.372 e. The summed E-state index contributed by atoms with van der Waals surface area (Å²) in [4.78, 5) is 14.1. The molecule has 0 aliphatic heterocycles. The number of carbonyl (C=O) groups excluding carboxylic acids is 1. The number of hydroxylamine groups is 1. The van der Waals surface area contributed by atoms with Gasteiger partial charge in [-0.05, 0) is 23.3 Å². The molecule has 2 rings (SSSR count). The Kier molecular flexibility index (Phi) is 7.94. The maximum absolute atomic E-state index is 12.6. The Morgan fingerprint density at radius 2 is 1.58 bits per heavy atom. The van der Waals surface area contributed by atoms with Crippen LogP contribution >= 0.6 is 0 Å². The van der Waals surface area contributed by atoms with Crippen molar-refractivity contribution in [2.75, 3.05) is 6.54 Å². The first-order valence-electron chi connectivity index (χ1n) is 7.20. The van der Waals surface area contributed by atoms with E-state index in [-0.39, 0.29) is 6.41 Å². The first-order chi connectivity index (χ1) is 11.4. The van der Waals surface area contributed by atoms with Crippen LogP contribution in [-0.4, -0.2) is 13.0 Å². The lowest BCUT2D eigenvalue weighted by Crippen LogP contribution is -2.19. The number of carbonyl (C=O) groups is 1. The minimum absolute atomic E-state index is 0.250. The summed E-state index contributed by atoms with van der Waals surface area (Å²) in [6.07, 6.45) is -4.53. The third-order valence-electron chi connectivity index (χ3n) is 2.99. The number of halogens is 3. The summed E-state index contributed by atoms with van der Waals surface area (Å²) in [5.41, 5.74) is 7.80. The lowest BCUT2D eigenvalue weighted by atomic mass is 10.0. The summed E-state index contributed by atoms with van der Waals surface area (Å²) in [6, 6.07) is 14.4. The molecule has 0 bridgehead atoms. The van der Waals surface area contributed by atoms with Gasteiger partial charge in [-0.2, -0.15) is 13.2 Å². The summed E-state index contributed by atoms with van der Waals surface area (Å²) < 4.78 is 37.8. The average Bonchev–Trinajstić information content (AvgIpc) is 2.57. The van der Waals surface area contributed by atoms with Gasteiger partial charge < -0.3 is 5.73 Å². The summed E-state index contributed by atoms with van der Waals surface area (Å²) in [5.74, 6) is 0. The highest BCUT2D eigenvalue weighted by molar-refractivity contribution is 5.42. The number of hydrogen-bond donors (Lipinski definition) is 2. The summed E-state index contributed by atoms with van der Waals surface area (Å²) in [6.45, 7) is 2.48. The molecule has 0 saturated heterocycles. The average molecular weight is 340 g/mol. The van der Waals surface area contributed by atoms with Gasteiger partial charge in [0.25, 0.3) is 0 Å². The minimum Gasteiger partial charge on any atom is -0.372 e. The second kappa shape index (κ2) is 9.69. The second-order valence-corrected chi connectivity index (χ2v) is 4.66. The van der Waals surface area contributed by atoms with Crippen LogP contribution in [0.2, 0.25) is 0 Å². The number of nitrogens with one attached hydrogen (secondary N) is 1. The highest BCUT2D eigenvalue weighted by Crippen LogP contribution is 2.31. The molecule has 0 fully saturated rings. The Morgan fingerprint density at radius 3 is 2.04 bits per heavy atom. The summed E-state index contributed by atoms with van der Waals surface area (Å²) >= 11 is 0. The molecule has 0 aliphatic carbocycles. The molecule has 0 aliphatic rings. The molecule has 1 unspecified atom stereocenters. The van der Waals surface area contributed by atoms with Crippen molar-refractivity contribution in [3.05, 3.63) is 71.3 Å². The van der Waals surface area contributed by atoms with Crippen molar-refractivity contribution in [1.82, 2.24) is 5.48 Å². The van der Waals surface area contributed by atoms with Crippen molar-refractivity contribution in [2.24, 2.45) is 5.73 Å². The normalized spacial score (nSPS) is 12.0. The van der Waals surface area contributed by atoms with E-state index in [1.807, 2.05) is 37.3 Å². The van der Waals surface area contributed by atoms with E-state index in [2.05, 4.69) is 11.2 Å². The Bertz CT molecular complexity index is 601. The number of primary amides is 1. The molecule has 2 aromatic rings. The molecule has 4 nitrogen and oxygen atoms in total. The number of hydrogen-bond acceptors (Lipinski definition) is 3. The zero-order valence-corrected chi connectivity index (χ0v) is 13.1. The molecule has 7 heteroatoms. The fourth-order valence-electron chi connectivity index (χ4n) is 1.97. The van der Waals surface area contributed by atoms with Crippen molar-refractivity contribution >= 4 is 6.41 Å². The standard InChI is InChI=1S/C16H16F3NO.CH3NO/c1-2-20-21-15(12-6-4-3-5-7-12)13-8-10-14(11-9-13)16(17,18)19;2-1-3/h3-11,15,20H,2H2,1H3;1H,(H2,2,3). The largest absolute Gasteiger partial charge is 0.416 e. The summed E-state index contributed by atoms with van der Waals surface area (Å²) in [5, 5.41) is 0. The van der Waals surface area contributed by atoms with Gasteiger partial charge in [-0.3, -0.25) is 9.63 Å². The predicted molar refractivity (Wildman–Crippen MR) is 84.7 cm³/mol. The van der Waals surface area contributed by atoms with Crippen LogP contribution in [0.15, 0.2) is 54.6 Å². The zero-order chi connectivity index (χ0) is 18.0. The molecular weight excluding hydrogens is 321 g/mol. The van der Waals surface area contributed by atoms with E-state index in [4.69, 9.17) is 9.63 Å². The molecule has 0 radical (unpaired) electrons. The SMILES string of the molecule is CCNOC(c1ccccc1)c1ccc(C(F)(F)F)cc1.NC=O. The van der Waals surface area contributed by atoms with Gasteiger partial charge in [0, 0.05) is 6.54 Å². The van der Waals surface area contributed by atoms with Crippen LogP contribution in [0.25, 0.3) is 0 Å². The lowest BCUT2D eigenvalue weighted by Gasteiger charge is -2.19. The number of amides is 1. The van der Waals surface area contributed by atoms with Gasteiger partial charge in [0.05, 0.1) is 5.56 Å². The number of rotatable bonds is 5. The van der Waals surface area contributed by atoms with Gasteiger partial charge in [0.15, 0.2) is 0 Å². The molecule has 130 valence electrons. The van der Waals surface area contributed by atoms with Crippen molar-refractivity contribution < 1.29 is 22.8 Å². The Labute approximate surface area is 138 Å². The van der Waals surface area contributed by atoms with Crippen LogP contribution in [0.4, 0.5) is 13.2 Å². The number of alkyl halides is 3. The topological polar surface area (TPSA) is 64.3 Å². The van der Waals surface area contributed by atoms with Crippen LogP contribution in [0.1, 0.15) is 29.7 Å². The van der Waals surface area contributed by atoms with Gasteiger partial charge in [-0.25, -0.2) is 5.48 Å². The van der Waals surface area contributed by atoms with Gasteiger partial charge in [0.1, 0.15) is 6.10 Å². The van der Waals surface area contributed by atoms with E-state index in [9.17, 15) is 13.2 Å². The molecule has 0 saturated carbocycles. The van der Waals surface area contributed by atoms with E-state index in [1.54, 1.807) is 0 Å². The first-order valence-corrected chi connectivity index (χ1v) is 7.20. The Hall–Kier alpha value is -2.38. The first kappa shape index (κ1) is 19.7. The van der Waals surface area contributed by atoms with Crippen LogP contribution < -0.4 is 11.2 Å². The van der Waals surface area contributed by atoms with Gasteiger partial charge in [0.2, 0.25) is 6.41 Å². The summed E-state index contributed by atoms with van der Waals surface area (Å²) in [7, 11) is 0. The van der Waals surface area contributed by atoms with Crippen LogP contribution in [0.5, 0.6) is 0 Å². The van der Waals surface area contributed by atoms with E-state index >= 15 is 0 Å². The zero-order valence-electron chi connectivity index (χ0n) is 13.1. The third kappa shape index (κ3) is 6.02. The third-order valence-corrected chi connectivity index (χ3v) is 2.99.